The zero-order valence-electron chi connectivity index (χ0n) is 20.4. The Morgan fingerprint density at radius 3 is 2.25 bits per heavy atom. The highest BCUT2D eigenvalue weighted by Gasteiger charge is 2.15. The maximum atomic E-state index is 13.1. The first-order chi connectivity index (χ1) is 17.5. The molecule has 0 saturated carbocycles. The number of carbonyl (C=O) groups excluding carboxylic acids is 2. The van der Waals surface area contributed by atoms with E-state index < -0.39 is 18.5 Å². The lowest BCUT2D eigenvalue weighted by Gasteiger charge is -2.13. The van der Waals surface area contributed by atoms with Crippen LogP contribution >= 0.6 is 0 Å². The average Bonchev–Trinajstić information content (AvgIpc) is 2.89. The molecule has 0 bridgehead atoms. The fourth-order valence-corrected chi connectivity index (χ4v) is 3.36. The van der Waals surface area contributed by atoms with E-state index in [1.54, 1.807) is 36.4 Å². The van der Waals surface area contributed by atoms with Crippen molar-refractivity contribution in [1.82, 2.24) is 5.32 Å². The van der Waals surface area contributed by atoms with Gasteiger partial charge in [-0.25, -0.2) is 9.18 Å². The van der Waals surface area contributed by atoms with Crippen molar-refractivity contribution in [2.24, 2.45) is 0 Å². The highest BCUT2D eigenvalue weighted by molar-refractivity contribution is 5.94. The van der Waals surface area contributed by atoms with Crippen molar-refractivity contribution >= 4 is 11.9 Å². The van der Waals surface area contributed by atoms with E-state index in [-0.39, 0.29) is 18.0 Å². The predicted octanol–water partition coefficient (Wildman–Crippen LogP) is 4.72. The van der Waals surface area contributed by atoms with Crippen molar-refractivity contribution in [3.8, 4) is 17.2 Å². The fourth-order valence-electron chi connectivity index (χ4n) is 3.36. The second-order valence-electron chi connectivity index (χ2n) is 7.73. The monoisotopic (exact) mass is 495 g/mol. The van der Waals surface area contributed by atoms with Gasteiger partial charge in [-0.1, -0.05) is 30.3 Å². The summed E-state index contributed by atoms with van der Waals surface area (Å²) >= 11 is 0. The summed E-state index contributed by atoms with van der Waals surface area (Å²) in [5, 5.41) is 2.74. The number of nitrogens with one attached hydrogen (secondary N) is 1. The van der Waals surface area contributed by atoms with Gasteiger partial charge in [0.15, 0.2) is 18.1 Å². The van der Waals surface area contributed by atoms with E-state index in [0.717, 1.165) is 11.1 Å². The molecule has 0 aromatic heterocycles. The molecule has 3 rings (SSSR count). The lowest BCUT2D eigenvalue weighted by molar-refractivity contribution is -0.124. The molecule has 0 fully saturated rings. The standard InChI is InChI=1S/C28H30FNO6/c1-3-33-25-14-11-20(17-26(25)34-4-2)15-16-30-27(31)19-36-28(32)23-7-5-6-8-24(23)35-18-21-9-12-22(29)13-10-21/h5-14,17H,3-4,15-16,18-19H2,1-2H3,(H,30,31). The number of hydrogen-bond acceptors (Lipinski definition) is 6. The van der Waals surface area contributed by atoms with E-state index in [4.69, 9.17) is 18.9 Å². The minimum Gasteiger partial charge on any atom is -0.490 e. The number of hydrogen-bond donors (Lipinski definition) is 1. The first-order valence-electron chi connectivity index (χ1n) is 11.8. The van der Waals surface area contributed by atoms with Gasteiger partial charge in [0.1, 0.15) is 23.7 Å². The van der Waals surface area contributed by atoms with Crippen LogP contribution in [0.4, 0.5) is 4.39 Å². The topological polar surface area (TPSA) is 83.1 Å². The van der Waals surface area contributed by atoms with Crippen molar-refractivity contribution < 1.29 is 32.9 Å². The summed E-state index contributed by atoms with van der Waals surface area (Å²) in [4.78, 5) is 24.8. The minimum absolute atomic E-state index is 0.154. The molecule has 0 radical (unpaired) electrons. The summed E-state index contributed by atoms with van der Waals surface area (Å²) in [5.74, 6) is 0.235. The number of amides is 1. The molecule has 7 nitrogen and oxygen atoms in total. The molecule has 36 heavy (non-hydrogen) atoms. The summed E-state index contributed by atoms with van der Waals surface area (Å²) in [5.41, 5.74) is 1.93. The smallest absolute Gasteiger partial charge is 0.342 e. The summed E-state index contributed by atoms with van der Waals surface area (Å²) in [6.45, 7) is 4.98. The van der Waals surface area contributed by atoms with Gasteiger partial charge < -0.3 is 24.3 Å². The highest BCUT2D eigenvalue weighted by Crippen LogP contribution is 2.28. The van der Waals surface area contributed by atoms with Crippen LogP contribution in [-0.4, -0.2) is 38.2 Å². The van der Waals surface area contributed by atoms with Crippen molar-refractivity contribution in [3.63, 3.8) is 0 Å². The first kappa shape index (κ1) is 26.5. The zero-order valence-corrected chi connectivity index (χ0v) is 20.4. The van der Waals surface area contributed by atoms with Gasteiger partial charge in [-0.05, 0) is 67.8 Å². The Morgan fingerprint density at radius 2 is 1.50 bits per heavy atom. The number of esters is 1. The van der Waals surface area contributed by atoms with Gasteiger partial charge in [0.05, 0.1) is 13.2 Å². The Morgan fingerprint density at radius 1 is 0.806 bits per heavy atom. The summed E-state index contributed by atoms with van der Waals surface area (Å²) in [6, 6.07) is 18.1. The quantitative estimate of drug-likeness (QED) is 0.346. The van der Waals surface area contributed by atoms with E-state index in [1.807, 2.05) is 32.0 Å². The van der Waals surface area contributed by atoms with E-state index in [2.05, 4.69) is 5.32 Å². The number of para-hydroxylation sites is 1. The van der Waals surface area contributed by atoms with Gasteiger partial charge in [0.25, 0.3) is 5.91 Å². The molecule has 0 saturated heterocycles. The van der Waals surface area contributed by atoms with Crippen LogP contribution in [0, 0.1) is 5.82 Å². The number of rotatable bonds is 13. The fraction of sp³-hybridized carbons (Fsp3) is 0.286. The normalized spacial score (nSPS) is 10.4. The lowest BCUT2D eigenvalue weighted by atomic mass is 10.1. The van der Waals surface area contributed by atoms with Crippen LogP contribution in [0.15, 0.2) is 66.7 Å². The summed E-state index contributed by atoms with van der Waals surface area (Å²) < 4.78 is 35.2. The molecule has 0 heterocycles. The van der Waals surface area contributed by atoms with Crippen LogP contribution in [0.3, 0.4) is 0 Å². The van der Waals surface area contributed by atoms with Crippen LogP contribution in [-0.2, 0) is 22.6 Å². The molecule has 0 spiro atoms. The van der Waals surface area contributed by atoms with Gasteiger partial charge >= 0.3 is 5.97 Å². The molecule has 190 valence electrons. The summed E-state index contributed by atoms with van der Waals surface area (Å²) in [6.07, 6.45) is 0.576. The van der Waals surface area contributed by atoms with Gasteiger partial charge in [-0.3, -0.25) is 4.79 Å². The maximum Gasteiger partial charge on any atom is 0.342 e. The average molecular weight is 496 g/mol. The first-order valence-corrected chi connectivity index (χ1v) is 11.8. The van der Waals surface area contributed by atoms with Gasteiger partial charge in [-0.15, -0.1) is 0 Å². The molecule has 1 amide bonds. The Balaban J connectivity index is 1.47. The van der Waals surface area contributed by atoms with Crippen LogP contribution in [0.1, 0.15) is 35.3 Å². The Bertz CT molecular complexity index is 1150. The number of carbonyl (C=O) groups is 2. The van der Waals surface area contributed by atoms with Crippen molar-refractivity contribution in [2.45, 2.75) is 26.9 Å². The predicted molar refractivity (Wildman–Crippen MR) is 133 cm³/mol. The molecule has 3 aromatic carbocycles. The third-order valence-electron chi connectivity index (χ3n) is 5.09. The van der Waals surface area contributed by atoms with Crippen molar-refractivity contribution in [3.05, 3.63) is 89.2 Å². The third kappa shape index (κ3) is 8.01. The summed E-state index contributed by atoms with van der Waals surface area (Å²) in [7, 11) is 0. The second kappa shape index (κ2) is 13.7. The van der Waals surface area contributed by atoms with Gasteiger partial charge in [-0.2, -0.15) is 0 Å². The van der Waals surface area contributed by atoms with E-state index in [9.17, 15) is 14.0 Å². The number of benzene rings is 3. The molecular formula is C28H30FNO6. The molecule has 1 N–H and O–H groups in total. The van der Waals surface area contributed by atoms with E-state index >= 15 is 0 Å². The maximum absolute atomic E-state index is 13.1. The molecular weight excluding hydrogens is 465 g/mol. The SMILES string of the molecule is CCOc1ccc(CCNC(=O)COC(=O)c2ccccc2OCc2ccc(F)cc2)cc1OCC. The largest absolute Gasteiger partial charge is 0.490 e. The number of ether oxygens (including phenoxy) is 4. The van der Waals surface area contributed by atoms with E-state index in [1.165, 1.54) is 12.1 Å². The Hall–Kier alpha value is -4.07. The molecule has 0 aliphatic carbocycles. The molecule has 0 unspecified atom stereocenters. The molecule has 0 atom stereocenters. The van der Waals surface area contributed by atoms with Crippen LogP contribution in [0.5, 0.6) is 17.2 Å². The lowest BCUT2D eigenvalue weighted by Crippen LogP contribution is -2.30. The Kier molecular flexibility index (Phi) is 10.1. The van der Waals surface area contributed by atoms with Gasteiger partial charge in [0, 0.05) is 6.54 Å². The van der Waals surface area contributed by atoms with Crippen LogP contribution in [0.2, 0.25) is 0 Å². The molecule has 8 heteroatoms. The number of halogens is 1. The zero-order chi connectivity index (χ0) is 25.8. The minimum atomic E-state index is -0.673. The third-order valence-corrected chi connectivity index (χ3v) is 5.09. The Labute approximate surface area is 210 Å². The van der Waals surface area contributed by atoms with Gasteiger partial charge in [0.2, 0.25) is 0 Å². The van der Waals surface area contributed by atoms with Crippen LogP contribution in [0.25, 0.3) is 0 Å². The molecule has 3 aromatic rings. The highest BCUT2D eigenvalue weighted by atomic mass is 19.1. The molecule has 0 aliphatic heterocycles. The second-order valence-corrected chi connectivity index (χ2v) is 7.73. The van der Waals surface area contributed by atoms with Crippen molar-refractivity contribution in [1.29, 1.82) is 0 Å². The van der Waals surface area contributed by atoms with Crippen LogP contribution < -0.4 is 19.5 Å². The van der Waals surface area contributed by atoms with E-state index in [0.29, 0.717) is 43.4 Å². The van der Waals surface area contributed by atoms with Crippen molar-refractivity contribution in [2.75, 3.05) is 26.4 Å². The molecule has 0 aliphatic rings.